The van der Waals surface area contributed by atoms with Crippen molar-refractivity contribution >= 4 is 0 Å². The Hall–Kier alpha value is -1.06. The molecule has 18 heavy (non-hydrogen) atoms. The second kappa shape index (κ2) is 8.11. The number of hydrogen-bond donors (Lipinski definition) is 2. The largest absolute Gasteiger partial charge is 0.493 e. The van der Waals surface area contributed by atoms with Crippen LogP contribution in [0.1, 0.15) is 43.9 Å². The topological polar surface area (TPSA) is 41.5 Å². The van der Waals surface area contributed by atoms with Gasteiger partial charge in [-0.05, 0) is 32.9 Å². The van der Waals surface area contributed by atoms with Crippen LogP contribution in [-0.4, -0.2) is 24.9 Å². The van der Waals surface area contributed by atoms with Gasteiger partial charge in [0.2, 0.25) is 0 Å². The van der Waals surface area contributed by atoms with Crippen LogP contribution in [-0.2, 0) is 0 Å². The van der Waals surface area contributed by atoms with Crippen LogP contribution in [0.5, 0.6) is 5.75 Å². The van der Waals surface area contributed by atoms with Gasteiger partial charge >= 0.3 is 0 Å². The fourth-order valence-electron chi connectivity index (χ4n) is 1.86. The van der Waals surface area contributed by atoms with Crippen molar-refractivity contribution in [3.05, 3.63) is 29.3 Å². The predicted octanol–water partition coefficient (Wildman–Crippen LogP) is 2.82. The van der Waals surface area contributed by atoms with E-state index < -0.39 is 0 Å². The summed E-state index contributed by atoms with van der Waals surface area (Å²) in [6.07, 6.45) is 1.79. The van der Waals surface area contributed by atoms with Crippen LogP contribution in [0.2, 0.25) is 0 Å². The first-order valence-electron chi connectivity index (χ1n) is 6.76. The number of rotatable bonds is 8. The van der Waals surface area contributed by atoms with Crippen LogP contribution in [0.25, 0.3) is 0 Å². The van der Waals surface area contributed by atoms with Gasteiger partial charge in [0.1, 0.15) is 5.75 Å². The Morgan fingerprint density at radius 1 is 1.39 bits per heavy atom. The minimum Gasteiger partial charge on any atom is -0.493 e. The maximum Gasteiger partial charge on any atom is 0.124 e. The van der Waals surface area contributed by atoms with Crippen molar-refractivity contribution in [3.8, 4) is 5.75 Å². The summed E-state index contributed by atoms with van der Waals surface area (Å²) in [4.78, 5) is 0. The molecule has 0 saturated heterocycles. The molecule has 0 saturated carbocycles. The second-order valence-corrected chi connectivity index (χ2v) is 4.64. The molecule has 102 valence electrons. The van der Waals surface area contributed by atoms with Crippen LogP contribution in [0.15, 0.2) is 18.2 Å². The fourth-order valence-corrected chi connectivity index (χ4v) is 1.86. The Balaban J connectivity index is 2.75. The molecule has 1 atom stereocenters. The standard InChI is InChI=1S/C15H25NO2/c1-4-8-16-13(3)14-11-12(2)6-7-15(14)18-10-5-9-17/h6-7,11,13,16-17H,4-5,8-10H2,1-3H3. The van der Waals surface area contributed by atoms with Crippen LogP contribution in [0.3, 0.4) is 0 Å². The smallest absolute Gasteiger partial charge is 0.124 e. The van der Waals surface area contributed by atoms with Crippen LogP contribution in [0, 0.1) is 6.92 Å². The number of aliphatic hydroxyl groups excluding tert-OH is 1. The Kier molecular flexibility index (Phi) is 6.76. The quantitative estimate of drug-likeness (QED) is 0.698. The molecule has 2 N–H and O–H groups in total. The van der Waals surface area contributed by atoms with Crippen molar-refractivity contribution in [1.82, 2.24) is 5.32 Å². The molecular formula is C15H25NO2. The van der Waals surface area contributed by atoms with E-state index in [1.807, 2.05) is 6.07 Å². The summed E-state index contributed by atoms with van der Waals surface area (Å²) in [6.45, 7) is 8.15. The zero-order chi connectivity index (χ0) is 13.4. The molecule has 0 aromatic heterocycles. The summed E-state index contributed by atoms with van der Waals surface area (Å²) in [5, 5.41) is 12.3. The molecule has 3 nitrogen and oxygen atoms in total. The number of ether oxygens (including phenoxy) is 1. The van der Waals surface area contributed by atoms with Crippen LogP contribution < -0.4 is 10.1 Å². The van der Waals surface area contributed by atoms with Crippen molar-refractivity contribution < 1.29 is 9.84 Å². The molecule has 0 aliphatic carbocycles. The number of aryl methyl sites for hydroxylation is 1. The summed E-state index contributed by atoms with van der Waals surface area (Å²) >= 11 is 0. The van der Waals surface area contributed by atoms with E-state index in [-0.39, 0.29) is 12.6 Å². The van der Waals surface area contributed by atoms with E-state index in [0.29, 0.717) is 13.0 Å². The zero-order valence-electron chi connectivity index (χ0n) is 11.7. The summed E-state index contributed by atoms with van der Waals surface area (Å²) in [6, 6.07) is 6.53. The molecule has 0 aliphatic rings. The van der Waals surface area contributed by atoms with Crippen molar-refractivity contribution in [3.63, 3.8) is 0 Å². The SMILES string of the molecule is CCCNC(C)c1cc(C)ccc1OCCCO. The number of nitrogens with one attached hydrogen (secondary N) is 1. The average molecular weight is 251 g/mol. The minimum absolute atomic E-state index is 0.171. The van der Waals surface area contributed by atoms with E-state index in [0.717, 1.165) is 18.7 Å². The van der Waals surface area contributed by atoms with Gasteiger partial charge in [-0.15, -0.1) is 0 Å². The predicted molar refractivity (Wildman–Crippen MR) is 75.1 cm³/mol. The van der Waals surface area contributed by atoms with E-state index in [1.165, 1.54) is 11.1 Å². The van der Waals surface area contributed by atoms with Crippen LogP contribution in [0.4, 0.5) is 0 Å². The van der Waals surface area contributed by atoms with Gasteiger partial charge in [-0.3, -0.25) is 0 Å². The number of benzene rings is 1. The Labute approximate surface area is 110 Å². The lowest BCUT2D eigenvalue weighted by Gasteiger charge is -2.18. The molecule has 0 fully saturated rings. The molecule has 1 rings (SSSR count). The summed E-state index contributed by atoms with van der Waals surface area (Å²) in [5.74, 6) is 0.921. The molecule has 0 amide bonds. The third-order valence-corrected chi connectivity index (χ3v) is 2.89. The van der Waals surface area contributed by atoms with Gasteiger partial charge in [0.25, 0.3) is 0 Å². The first-order chi connectivity index (χ1) is 8.69. The monoisotopic (exact) mass is 251 g/mol. The van der Waals surface area contributed by atoms with Crippen molar-refractivity contribution in [2.75, 3.05) is 19.8 Å². The van der Waals surface area contributed by atoms with Gasteiger partial charge in [0.15, 0.2) is 0 Å². The van der Waals surface area contributed by atoms with Gasteiger partial charge in [-0.25, -0.2) is 0 Å². The highest BCUT2D eigenvalue weighted by Crippen LogP contribution is 2.26. The van der Waals surface area contributed by atoms with E-state index >= 15 is 0 Å². The number of aliphatic hydroxyl groups is 1. The molecule has 0 spiro atoms. The first-order valence-corrected chi connectivity index (χ1v) is 6.76. The molecule has 3 heteroatoms. The molecule has 0 heterocycles. The third kappa shape index (κ3) is 4.67. The van der Waals surface area contributed by atoms with E-state index in [1.54, 1.807) is 0 Å². The lowest BCUT2D eigenvalue weighted by Crippen LogP contribution is -2.20. The molecule has 0 aliphatic heterocycles. The Morgan fingerprint density at radius 2 is 2.17 bits per heavy atom. The highest BCUT2D eigenvalue weighted by Gasteiger charge is 2.11. The highest BCUT2D eigenvalue weighted by molar-refractivity contribution is 5.38. The summed E-state index contributed by atoms with van der Waals surface area (Å²) in [7, 11) is 0. The zero-order valence-corrected chi connectivity index (χ0v) is 11.7. The molecule has 0 radical (unpaired) electrons. The lowest BCUT2D eigenvalue weighted by molar-refractivity contribution is 0.231. The van der Waals surface area contributed by atoms with Crippen molar-refractivity contribution in [2.24, 2.45) is 0 Å². The van der Waals surface area contributed by atoms with Gasteiger partial charge in [0.05, 0.1) is 6.61 Å². The maximum atomic E-state index is 8.79. The minimum atomic E-state index is 0.171. The lowest BCUT2D eigenvalue weighted by atomic mass is 10.0. The van der Waals surface area contributed by atoms with Crippen LogP contribution >= 0.6 is 0 Å². The molecule has 0 bridgehead atoms. The third-order valence-electron chi connectivity index (χ3n) is 2.89. The second-order valence-electron chi connectivity index (χ2n) is 4.64. The van der Waals surface area contributed by atoms with Gasteiger partial charge in [0, 0.05) is 24.6 Å². The van der Waals surface area contributed by atoms with Gasteiger partial charge in [-0.2, -0.15) is 0 Å². The van der Waals surface area contributed by atoms with E-state index in [4.69, 9.17) is 9.84 Å². The summed E-state index contributed by atoms with van der Waals surface area (Å²) < 4.78 is 5.73. The Bertz CT molecular complexity index is 352. The normalized spacial score (nSPS) is 12.4. The van der Waals surface area contributed by atoms with E-state index in [2.05, 4.69) is 38.2 Å². The van der Waals surface area contributed by atoms with Crippen molar-refractivity contribution in [1.29, 1.82) is 0 Å². The average Bonchev–Trinajstić information content (AvgIpc) is 2.38. The van der Waals surface area contributed by atoms with Gasteiger partial charge in [-0.1, -0.05) is 24.6 Å². The Morgan fingerprint density at radius 3 is 2.83 bits per heavy atom. The molecule has 1 aromatic rings. The molecule has 1 aromatic carbocycles. The van der Waals surface area contributed by atoms with E-state index in [9.17, 15) is 0 Å². The maximum absolute atomic E-state index is 8.79. The van der Waals surface area contributed by atoms with Gasteiger partial charge < -0.3 is 15.2 Å². The fraction of sp³-hybridized carbons (Fsp3) is 0.600. The summed E-state index contributed by atoms with van der Waals surface area (Å²) in [5.41, 5.74) is 2.44. The van der Waals surface area contributed by atoms with Crippen molar-refractivity contribution in [2.45, 2.75) is 39.7 Å². The first kappa shape index (κ1) is 15.0. The highest BCUT2D eigenvalue weighted by atomic mass is 16.5. The number of hydrogen-bond acceptors (Lipinski definition) is 3. The molecule has 1 unspecified atom stereocenters. The molecular weight excluding hydrogens is 226 g/mol.